The maximum absolute atomic E-state index is 14.0. The molecule has 5 rings (SSSR count). The molecule has 0 saturated carbocycles. The second kappa shape index (κ2) is 13.6. The van der Waals surface area contributed by atoms with E-state index in [9.17, 15) is 14.0 Å². The molecule has 0 bridgehead atoms. The molecule has 0 fully saturated rings. The van der Waals surface area contributed by atoms with E-state index in [1.807, 2.05) is 26.0 Å². The Labute approximate surface area is 264 Å². The van der Waals surface area contributed by atoms with Crippen LogP contribution in [0.15, 0.2) is 82.2 Å². The van der Waals surface area contributed by atoms with E-state index in [1.165, 1.54) is 35.3 Å². The zero-order chi connectivity index (χ0) is 30.5. The molecule has 1 aliphatic heterocycles. The van der Waals surface area contributed by atoms with Crippen molar-refractivity contribution in [2.24, 2.45) is 4.99 Å². The molecular weight excluding hydrogens is 686 g/mol. The number of benzene rings is 3. The van der Waals surface area contributed by atoms with Crippen LogP contribution in [0.5, 0.6) is 17.2 Å². The van der Waals surface area contributed by atoms with E-state index in [-0.39, 0.29) is 23.6 Å². The normalized spacial score (nSPS) is 14.4. The summed E-state index contributed by atoms with van der Waals surface area (Å²) in [4.78, 5) is 31.6. The van der Waals surface area contributed by atoms with E-state index >= 15 is 0 Å². The molecule has 3 aromatic carbocycles. The quantitative estimate of drug-likeness (QED) is 0.167. The van der Waals surface area contributed by atoms with Gasteiger partial charge in [0, 0.05) is 11.8 Å². The SMILES string of the molecule is CCOc1ccc([C@H]2C(C(=O)OC)=CN=c3s/c(=C\c4ccc(OCc5ccccc5F)c(I)c4)c(=O)n32)cc1OCC. The lowest BCUT2D eigenvalue weighted by Gasteiger charge is -2.23. The van der Waals surface area contributed by atoms with Gasteiger partial charge in [-0.3, -0.25) is 9.36 Å². The van der Waals surface area contributed by atoms with E-state index in [4.69, 9.17) is 18.9 Å². The number of aromatic nitrogens is 1. The van der Waals surface area contributed by atoms with Gasteiger partial charge in [0.1, 0.15) is 18.2 Å². The third-order valence-electron chi connectivity index (χ3n) is 6.60. The number of fused-ring (bicyclic) bond motifs is 1. The Bertz CT molecular complexity index is 1880. The average Bonchev–Trinajstić information content (AvgIpc) is 3.32. The highest BCUT2D eigenvalue weighted by Gasteiger charge is 2.31. The van der Waals surface area contributed by atoms with Crippen molar-refractivity contribution in [3.63, 3.8) is 0 Å². The Morgan fingerprint density at radius 1 is 1.02 bits per heavy atom. The molecule has 0 unspecified atom stereocenters. The van der Waals surface area contributed by atoms with E-state index in [0.29, 0.717) is 50.9 Å². The summed E-state index contributed by atoms with van der Waals surface area (Å²) in [5.41, 5.74) is 1.81. The Kier molecular flexibility index (Phi) is 9.61. The van der Waals surface area contributed by atoms with Gasteiger partial charge < -0.3 is 18.9 Å². The molecule has 1 aliphatic rings. The van der Waals surface area contributed by atoms with Crippen LogP contribution in [0.1, 0.15) is 36.6 Å². The Balaban J connectivity index is 1.52. The molecule has 0 spiro atoms. The smallest absolute Gasteiger partial charge is 0.337 e. The monoisotopic (exact) mass is 714 g/mol. The summed E-state index contributed by atoms with van der Waals surface area (Å²) in [5, 5.41) is 0. The number of nitrogens with zero attached hydrogens (tertiary/aromatic N) is 2. The van der Waals surface area contributed by atoms with Crippen LogP contribution in [-0.4, -0.2) is 30.9 Å². The summed E-state index contributed by atoms with van der Waals surface area (Å²) < 4.78 is 39.1. The van der Waals surface area contributed by atoms with Gasteiger partial charge in [-0.25, -0.2) is 14.2 Å². The first kappa shape index (κ1) is 30.5. The first-order chi connectivity index (χ1) is 20.8. The van der Waals surface area contributed by atoms with Crippen LogP contribution in [0.4, 0.5) is 4.39 Å². The fraction of sp³-hybridized carbons (Fsp3) is 0.219. The third-order valence-corrected chi connectivity index (χ3v) is 8.44. The minimum absolute atomic E-state index is 0.0969. The lowest BCUT2D eigenvalue weighted by molar-refractivity contribution is -0.136. The molecule has 0 amide bonds. The van der Waals surface area contributed by atoms with Crippen molar-refractivity contribution in [2.75, 3.05) is 20.3 Å². The van der Waals surface area contributed by atoms with Gasteiger partial charge in [0.05, 0.1) is 40.0 Å². The maximum atomic E-state index is 14.0. The third kappa shape index (κ3) is 6.52. The highest BCUT2D eigenvalue weighted by atomic mass is 127. The predicted molar refractivity (Wildman–Crippen MR) is 170 cm³/mol. The lowest BCUT2D eigenvalue weighted by Crippen LogP contribution is -2.39. The van der Waals surface area contributed by atoms with Gasteiger partial charge in [0.15, 0.2) is 16.3 Å². The van der Waals surface area contributed by atoms with E-state index in [1.54, 1.807) is 48.5 Å². The predicted octanol–water partition coefficient (Wildman–Crippen LogP) is 5.14. The minimum atomic E-state index is -0.782. The fourth-order valence-electron chi connectivity index (χ4n) is 4.63. The molecule has 0 aliphatic carbocycles. The van der Waals surface area contributed by atoms with Crippen molar-refractivity contribution in [3.05, 3.63) is 118 Å². The van der Waals surface area contributed by atoms with Crippen molar-refractivity contribution >= 4 is 46.0 Å². The highest BCUT2D eigenvalue weighted by molar-refractivity contribution is 14.1. The molecule has 222 valence electrons. The first-order valence-electron chi connectivity index (χ1n) is 13.5. The number of hydrogen-bond acceptors (Lipinski definition) is 8. The molecule has 1 atom stereocenters. The van der Waals surface area contributed by atoms with Gasteiger partial charge >= 0.3 is 5.97 Å². The van der Waals surface area contributed by atoms with Gasteiger partial charge in [-0.1, -0.05) is 41.7 Å². The minimum Gasteiger partial charge on any atom is -0.490 e. The van der Waals surface area contributed by atoms with Gasteiger partial charge in [-0.2, -0.15) is 0 Å². The summed E-state index contributed by atoms with van der Waals surface area (Å²) in [6.45, 7) is 4.72. The highest BCUT2D eigenvalue weighted by Crippen LogP contribution is 2.35. The summed E-state index contributed by atoms with van der Waals surface area (Å²) >= 11 is 3.37. The van der Waals surface area contributed by atoms with Crippen LogP contribution in [-0.2, 0) is 16.1 Å². The molecule has 4 aromatic rings. The largest absolute Gasteiger partial charge is 0.490 e. The number of esters is 1. The van der Waals surface area contributed by atoms with Crippen LogP contribution < -0.4 is 29.1 Å². The van der Waals surface area contributed by atoms with Crippen LogP contribution in [0.2, 0.25) is 0 Å². The summed E-state index contributed by atoms with van der Waals surface area (Å²) in [5.74, 6) is 0.774. The number of methoxy groups -OCH3 is 1. The number of carbonyl (C=O) groups is 1. The molecule has 0 N–H and O–H groups in total. The second-order valence-corrected chi connectivity index (χ2v) is 11.5. The molecule has 8 nitrogen and oxygen atoms in total. The Morgan fingerprint density at radius 2 is 1.77 bits per heavy atom. The number of rotatable bonds is 10. The summed E-state index contributed by atoms with van der Waals surface area (Å²) in [6, 6.07) is 16.5. The fourth-order valence-corrected chi connectivity index (χ4v) is 6.30. The van der Waals surface area contributed by atoms with E-state index in [0.717, 1.165) is 9.13 Å². The van der Waals surface area contributed by atoms with Gasteiger partial charge in [0.25, 0.3) is 5.56 Å². The van der Waals surface area contributed by atoms with Crippen LogP contribution in [0.3, 0.4) is 0 Å². The maximum Gasteiger partial charge on any atom is 0.337 e. The van der Waals surface area contributed by atoms with Crippen LogP contribution in [0.25, 0.3) is 6.08 Å². The number of thiazole rings is 1. The van der Waals surface area contributed by atoms with E-state index in [2.05, 4.69) is 27.6 Å². The summed E-state index contributed by atoms with van der Waals surface area (Å²) in [6.07, 6.45) is 3.22. The van der Waals surface area contributed by atoms with Crippen LogP contribution >= 0.6 is 33.9 Å². The van der Waals surface area contributed by atoms with Crippen molar-refractivity contribution in [1.29, 1.82) is 0 Å². The molecule has 43 heavy (non-hydrogen) atoms. The number of hydrogen-bond donors (Lipinski definition) is 0. The van der Waals surface area contributed by atoms with Crippen molar-refractivity contribution in [2.45, 2.75) is 26.5 Å². The summed E-state index contributed by atoms with van der Waals surface area (Å²) in [7, 11) is 1.29. The zero-order valence-electron chi connectivity index (χ0n) is 23.6. The van der Waals surface area contributed by atoms with Gasteiger partial charge in [-0.15, -0.1) is 0 Å². The Hall–Kier alpha value is -3.97. The number of halogens is 2. The zero-order valence-corrected chi connectivity index (χ0v) is 26.6. The molecule has 0 saturated heterocycles. The Morgan fingerprint density at radius 3 is 2.49 bits per heavy atom. The van der Waals surface area contributed by atoms with E-state index < -0.39 is 12.0 Å². The topological polar surface area (TPSA) is 88.4 Å². The molecule has 1 aromatic heterocycles. The molecule has 11 heteroatoms. The first-order valence-corrected chi connectivity index (χ1v) is 15.4. The lowest BCUT2D eigenvalue weighted by atomic mass is 9.97. The molecule has 0 radical (unpaired) electrons. The van der Waals surface area contributed by atoms with Crippen molar-refractivity contribution in [1.82, 2.24) is 4.57 Å². The van der Waals surface area contributed by atoms with Gasteiger partial charge in [-0.05, 0) is 84.0 Å². The molecular formula is C32H28FIN2O6S. The molecule has 2 heterocycles. The van der Waals surface area contributed by atoms with Crippen LogP contribution in [0, 0.1) is 9.39 Å². The van der Waals surface area contributed by atoms with Crippen molar-refractivity contribution < 1.29 is 28.1 Å². The number of carbonyl (C=O) groups excluding carboxylic acids is 1. The van der Waals surface area contributed by atoms with Crippen molar-refractivity contribution in [3.8, 4) is 17.2 Å². The standard InChI is InChI=1S/C32H28FIN2O6S/c1-4-40-26-13-11-20(16-27(26)41-5-2)29-22(31(38)39-3)17-35-32-36(29)30(37)28(43-32)15-19-10-12-25(24(34)14-19)42-18-21-8-6-7-9-23(21)33/h6-17,29H,4-5,18H2,1-3H3/b28-15-/t29-/m0/s1. The van der Waals surface area contributed by atoms with Gasteiger partial charge in [0.2, 0.25) is 0 Å². The average molecular weight is 715 g/mol. The number of ether oxygens (including phenoxy) is 4. The second-order valence-electron chi connectivity index (χ2n) is 9.32.